The summed E-state index contributed by atoms with van der Waals surface area (Å²) in [6.45, 7) is 3.74. The largest absolute Gasteiger partial charge is 0.422 e. The van der Waals surface area contributed by atoms with E-state index < -0.39 is 5.72 Å². The Hall–Kier alpha value is -1.88. The van der Waals surface area contributed by atoms with E-state index in [0.29, 0.717) is 0 Å². The SMILES string of the molecule is CC1(C)OC(=O)N1c1ccc(-c2ccccn2)s1. The molecule has 92 valence electrons. The van der Waals surface area contributed by atoms with E-state index in [-0.39, 0.29) is 6.09 Å². The fourth-order valence-electron chi connectivity index (χ4n) is 1.94. The number of thiophene rings is 1. The molecule has 2 aromatic rings. The Labute approximate surface area is 109 Å². The molecule has 4 nitrogen and oxygen atoms in total. The molecule has 5 heteroatoms. The lowest BCUT2D eigenvalue weighted by atomic mass is 10.2. The van der Waals surface area contributed by atoms with Crippen LogP contribution in [0.3, 0.4) is 0 Å². The minimum atomic E-state index is -0.552. The van der Waals surface area contributed by atoms with E-state index in [9.17, 15) is 4.79 Å². The molecule has 0 unspecified atom stereocenters. The first-order valence-electron chi connectivity index (χ1n) is 5.62. The number of aromatic nitrogens is 1. The average Bonchev–Trinajstić information content (AvgIpc) is 2.77. The van der Waals surface area contributed by atoms with E-state index in [1.165, 1.54) is 11.3 Å². The van der Waals surface area contributed by atoms with Crippen molar-refractivity contribution in [3.63, 3.8) is 0 Å². The van der Waals surface area contributed by atoms with Gasteiger partial charge in [-0.1, -0.05) is 6.07 Å². The van der Waals surface area contributed by atoms with Gasteiger partial charge in [0.2, 0.25) is 0 Å². The molecule has 1 saturated heterocycles. The summed E-state index contributed by atoms with van der Waals surface area (Å²) in [5, 5.41) is 0.886. The highest BCUT2D eigenvalue weighted by Gasteiger charge is 2.47. The Kier molecular flexibility index (Phi) is 2.38. The van der Waals surface area contributed by atoms with Crippen LogP contribution in [-0.2, 0) is 4.74 Å². The second-order valence-corrected chi connectivity index (χ2v) is 5.57. The van der Waals surface area contributed by atoms with Crippen molar-refractivity contribution in [1.82, 2.24) is 4.98 Å². The van der Waals surface area contributed by atoms with Gasteiger partial charge in [-0.15, -0.1) is 11.3 Å². The van der Waals surface area contributed by atoms with Crippen LogP contribution < -0.4 is 4.90 Å². The quantitative estimate of drug-likeness (QED) is 0.830. The zero-order chi connectivity index (χ0) is 12.8. The van der Waals surface area contributed by atoms with Crippen LogP contribution in [0.2, 0.25) is 0 Å². The van der Waals surface area contributed by atoms with Gasteiger partial charge in [-0.05, 0) is 38.1 Å². The van der Waals surface area contributed by atoms with Gasteiger partial charge in [0.1, 0.15) is 5.00 Å². The molecule has 0 spiro atoms. The lowest BCUT2D eigenvalue weighted by Gasteiger charge is -2.45. The molecule has 1 aliphatic heterocycles. The molecule has 1 fully saturated rings. The van der Waals surface area contributed by atoms with Crippen LogP contribution in [0.25, 0.3) is 10.6 Å². The van der Waals surface area contributed by atoms with Gasteiger partial charge in [-0.3, -0.25) is 4.98 Å². The average molecular weight is 260 g/mol. The van der Waals surface area contributed by atoms with Crippen molar-refractivity contribution in [2.24, 2.45) is 0 Å². The number of anilines is 1. The van der Waals surface area contributed by atoms with E-state index in [1.807, 2.05) is 44.2 Å². The van der Waals surface area contributed by atoms with Crippen molar-refractivity contribution in [1.29, 1.82) is 0 Å². The number of carbonyl (C=O) groups excluding carboxylic acids is 1. The maximum Gasteiger partial charge on any atom is 0.420 e. The zero-order valence-corrected chi connectivity index (χ0v) is 10.9. The number of rotatable bonds is 2. The van der Waals surface area contributed by atoms with Gasteiger partial charge in [0, 0.05) is 6.20 Å². The predicted octanol–water partition coefficient (Wildman–Crippen LogP) is 3.50. The van der Waals surface area contributed by atoms with Gasteiger partial charge in [0.25, 0.3) is 0 Å². The number of hydrogen-bond acceptors (Lipinski definition) is 4. The number of carbonyl (C=O) groups is 1. The number of amides is 1. The van der Waals surface area contributed by atoms with Gasteiger partial charge >= 0.3 is 6.09 Å². The molecule has 3 rings (SSSR count). The first kappa shape index (κ1) is 11.2. The molecule has 0 atom stereocenters. The molecule has 1 aliphatic rings. The summed E-state index contributed by atoms with van der Waals surface area (Å²) in [4.78, 5) is 18.5. The molecular weight excluding hydrogens is 248 g/mol. The van der Waals surface area contributed by atoms with Crippen LogP contribution in [0.4, 0.5) is 9.80 Å². The second-order valence-electron chi connectivity index (χ2n) is 4.50. The topological polar surface area (TPSA) is 42.4 Å². The Bertz CT molecular complexity index is 592. The van der Waals surface area contributed by atoms with Crippen LogP contribution in [0.15, 0.2) is 36.5 Å². The maximum atomic E-state index is 11.5. The molecule has 3 heterocycles. The van der Waals surface area contributed by atoms with Crippen molar-refractivity contribution >= 4 is 22.4 Å². The molecule has 1 amide bonds. The van der Waals surface area contributed by atoms with Crippen LogP contribution in [-0.4, -0.2) is 16.8 Å². The summed E-state index contributed by atoms with van der Waals surface area (Å²) in [5.41, 5.74) is 0.365. The van der Waals surface area contributed by atoms with Gasteiger partial charge in [0.05, 0.1) is 10.6 Å². The summed E-state index contributed by atoms with van der Waals surface area (Å²) in [6.07, 6.45) is 1.46. The summed E-state index contributed by atoms with van der Waals surface area (Å²) < 4.78 is 5.09. The summed E-state index contributed by atoms with van der Waals surface area (Å²) in [6, 6.07) is 9.69. The van der Waals surface area contributed by atoms with Crippen molar-refractivity contribution in [3.8, 4) is 10.6 Å². The van der Waals surface area contributed by atoms with Crippen molar-refractivity contribution in [2.75, 3.05) is 4.90 Å². The molecule has 0 aromatic carbocycles. The Morgan fingerprint density at radius 3 is 2.72 bits per heavy atom. The predicted molar refractivity (Wildman–Crippen MR) is 70.6 cm³/mol. The van der Waals surface area contributed by atoms with Crippen LogP contribution in [0.1, 0.15) is 13.8 Å². The van der Waals surface area contributed by atoms with E-state index in [2.05, 4.69) is 4.98 Å². The van der Waals surface area contributed by atoms with Crippen molar-refractivity contribution in [3.05, 3.63) is 36.5 Å². The standard InChI is InChI=1S/C13H12N2O2S/c1-13(2)15(12(16)17-13)11-7-6-10(18-11)9-5-3-4-8-14-9/h3-8H,1-2H3. The molecule has 2 aromatic heterocycles. The van der Waals surface area contributed by atoms with E-state index in [4.69, 9.17) is 4.74 Å². The lowest BCUT2D eigenvalue weighted by Crippen LogP contribution is -2.62. The fraction of sp³-hybridized carbons (Fsp3) is 0.231. The Balaban J connectivity index is 1.93. The number of cyclic esters (lactones) is 1. The third-order valence-corrected chi connectivity index (χ3v) is 3.88. The minimum absolute atomic E-state index is 0.297. The second kappa shape index (κ2) is 3.81. The van der Waals surface area contributed by atoms with Crippen molar-refractivity contribution < 1.29 is 9.53 Å². The number of nitrogens with zero attached hydrogens (tertiary/aromatic N) is 2. The molecule has 0 aliphatic carbocycles. The number of hydrogen-bond donors (Lipinski definition) is 0. The molecule has 0 saturated carbocycles. The normalized spacial score (nSPS) is 17.2. The Morgan fingerprint density at radius 1 is 1.28 bits per heavy atom. The zero-order valence-electron chi connectivity index (χ0n) is 10.1. The minimum Gasteiger partial charge on any atom is -0.422 e. The number of pyridine rings is 1. The number of ether oxygens (including phenoxy) is 1. The highest BCUT2D eigenvalue weighted by molar-refractivity contribution is 7.19. The summed E-state index contributed by atoms with van der Waals surface area (Å²) >= 11 is 1.54. The van der Waals surface area contributed by atoms with E-state index in [1.54, 1.807) is 11.1 Å². The van der Waals surface area contributed by atoms with Gasteiger partial charge < -0.3 is 4.74 Å². The monoisotopic (exact) mass is 260 g/mol. The van der Waals surface area contributed by atoms with Gasteiger partial charge in [-0.2, -0.15) is 0 Å². The third kappa shape index (κ3) is 1.67. The Morgan fingerprint density at radius 2 is 2.11 bits per heavy atom. The molecule has 0 N–H and O–H groups in total. The first-order valence-corrected chi connectivity index (χ1v) is 6.44. The third-order valence-electron chi connectivity index (χ3n) is 2.79. The summed E-state index contributed by atoms with van der Waals surface area (Å²) in [7, 11) is 0. The smallest absolute Gasteiger partial charge is 0.420 e. The maximum absolute atomic E-state index is 11.5. The van der Waals surface area contributed by atoms with E-state index in [0.717, 1.165) is 15.6 Å². The van der Waals surface area contributed by atoms with Gasteiger partial charge in [-0.25, -0.2) is 9.69 Å². The molecule has 0 radical (unpaired) electrons. The highest BCUT2D eigenvalue weighted by atomic mass is 32.1. The van der Waals surface area contributed by atoms with Crippen LogP contribution >= 0.6 is 11.3 Å². The first-order chi connectivity index (χ1) is 8.58. The summed E-state index contributed by atoms with van der Waals surface area (Å²) in [5.74, 6) is 0. The van der Waals surface area contributed by atoms with Crippen LogP contribution in [0, 0.1) is 0 Å². The highest BCUT2D eigenvalue weighted by Crippen LogP contribution is 2.40. The van der Waals surface area contributed by atoms with Gasteiger partial charge in [0.15, 0.2) is 5.72 Å². The molecular formula is C13H12N2O2S. The van der Waals surface area contributed by atoms with Crippen molar-refractivity contribution in [2.45, 2.75) is 19.6 Å². The van der Waals surface area contributed by atoms with Crippen LogP contribution in [0.5, 0.6) is 0 Å². The lowest BCUT2D eigenvalue weighted by molar-refractivity contribution is -0.0186. The fourth-order valence-corrected chi connectivity index (χ4v) is 3.04. The molecule has 0 bridgehead atoms. The molecule has 18 heavy (non-hydrogen) atoms. The van der Waals surface area contributed by atoms with E-state index >= 15 is 0 Å².